The Kier molecular flexibility index (Phi) is 5.60. The summed E-state index contributed by atoms with van der Waals surface area (Å²) in [4.78, 5) is 0. The van der Waals surface area contributed by atoms with Gasteiger partial charge in [-0.1, -0.05) is 35.9 Å². The van der Waals surface area contributed by atoms with Crippen molar-refractivity contribution in [2.75, 3.05) is 13.2 Å². The molecule has 26 heavy (non-hydrogen) atoms. The first-order valence-electron chi connectivity index (χ1n) is 8.88. The van der Waals surface area contributed by atoms with E-state index < -0.39 is 0 Å². The second kappa shape index (κ2) is 8.27. The molecule has 0 bridgehead atoms. The SMILES string of the molecule is Clc1ccc(COC2C[C]=Cc3ccc(CNC4CCOC4)cc32)nn1. The third-order valence-electron chi connectivity index (χ3n) is 4.70. The second-order valence-corrected chi connectivity index (χ2v) is 6.99. The van der Waals surface area contributed by atoms with Gasteiger partial charge in [-0.05, 0) is 41.3 Å². The number of hydrogen-bond acceptors (Lipinski definition) is 5. The molecule has 1 aromatic carbocycles. The topological polar surface area (TPSA) is 56.3 Å². The average Bonchev–Trinajstić information content (AvgIpc) is 3.19. The van der Waals surface area contributed by atoms with E-state index in [1.54, 1.807) is 6.07 Å². The number of nitrogens with one attached hydrogen (secondary N) is 1. The van der Waals surface area contributed by atoms with Crippen molar-refractivity contribution in [3.05, 3.63) is 63.9 Å². The number of fused-ring (bicyclic) bond motifs is 1. The lowest BCUT2D eigenvalue weighted by molar-refractivity contribution is 0.0374. The van der Waals surface area contributed by atoms with E-state index in [4.69, 9.17) is 21.1 Å². The van der Waals surface area contributed by atoms with Crippen molar-refractivity contribution in [2.24, 2.45) is 0 Å². The number of benzene rings is 1. The lowest BCUT2D eigenvalue weighted by Gasteiger charge is -2.23. The highest BCUT2D eigenvalue weighted by Gasteiger charge is 2.20. The lowest BCUT2D eigenvalue weighted by Crippen LogP contribution is -2.28. The molecule has 1 N–H and O–H groups in total. The van der Waals surface area contributed by atoms with E-state index >= 15 is 0 Å². The highest BCUT2D eigenvalue weighted by atomic mass is 35.5. The van der Waals surface area contributed by atoms with Gasteiger partial charge in [0, 0.05) is 25.6 Å². The minimum Gasteiger partial charge on any atom is -0.380 e. The van der Waals surface area contributed by atoms with Crippen molar-refractivity contribution >= 4 is 17.7 Å². The first kappa shape index (κ1) is 17.6. The maximum Gasteiger partial charge on any atom is 0.151 e. The summed E-state index contributed by atoms with van der Waals surface area (Å²) in [5, 5.41) is 11.9. The number of halogens is 1. The molecule has 1 saturated heterocycles. The van der Waals surface area contributed by atoms with Crippen LogP contribution >= 0.6 is 11.6 Å². The second-order valence-electron chi connectivity index (χ2n) is 6.60. The Morgan fingerprint density at radius 3 is 3.04 bits per heavy atom. The van der Waals surface area contributed by atoms with Gasteiger partial charge in [0.2, 0.25) is 0 Å². The van der Waals surface area contributed by atoms with Crippen molar-refractivity contribution in [3.8, 4) is 0 Å². The van der Waals surface area contributed by atoms with Crippen molar-refractivity contribution in [3.63, 3.8) is 0 Å². The number of hydrogen-bond donors (Lipinski definition) is 1. The van der Waals surface area contributed by atoms with Gasteiger partial charge in [-0.15, -0.1) is 5.10 Å². The largest absolute Gasteiger partial charge is 0.380 e. The van der Waals surface area contributed by atoms with Crippen LogP contribution in [-0.4, -0.2) is 29.5 Å². The molecule has 4 rings (SSSR count). The molecule has 1 aromatic heterocycles. The van der Waals surface area contributed by atoms with Crippen molar-refractivity contribution in [2.45, 2.75) is 38.1 Å². The summed E-state index contributed by atoms with van der Waals surface area (Å²) < 4.78 is 11.5. The van der Waals surface area contributed by atoms with Gasteiger partial charge in [0.15, 0.2) is 5.15 Å². The minimum absolute atomic E-state index is 0.0257. The van der Waals surface area contributed by atoms with Crippen LogP contribution in [0, 0.1) is 6.08 Å². The lowest BCUT2D eigenvalue weighted by atomic mass is 9.93. The molecule has 1 aliphatic carbocycles. The smallest absolute Gasteiger partial charge is 0.151 e. The zero-order valence-electron chi connectivity index (χ0n) is 14.5. The number of rotatable bonds is 6. The van der Waals surface area contributed by atoms with Crippen LogP contribution in [0.25, 0.3) is 6.08 Å². The average molecular weight is 371 g/mol. The minimum atomic E-state index is -0.0257. The standard InChI is InChI=1S/C20H21ClN3O2/c21-20-7-6-17(23-24-20)13-26-19-3-1-2-15-5-4-14(10-18(15)19)11-22-16-8-9-25-12-16/h2,4-7,10,16,19,22H,3,8-9,11-13H2. The molecule has 0 amide bonds. The monoisotopic (exact) mass is 370 g/mol. The zero-order chi connectivity index (χ0) is 17.8. The number of aromatic nitrogens is 2. The predicted octanol–water partition coefficient (Wildman–Crippen LogP) is 3.49. The molecule has 135 valence electrons. The third-order valence-corrected chi connectivity index (χ3v) is 4.90. The fourth-order valence-electron chi connectivity index (χ4n) is 3.24. The predicted molar refractivity (Wildman–Crippen MR) is 99.4 cm³/mol. The quantitative estimate of drug-likeness (QED) is 0.843. The van der Waals surface area contributed by atoms with E-state index in [9.17, 15) is 0 Å². The summed E-state index contributed by atoms with van der Waals surface area (Å²) in [6.07, 6.45) is 7.13. The molecule has 2 aliphatic rings. The number of ether oxygens (including phenoxy) is 2. The van der Waals surface area contributed by atoms with Crippen LogP contribution in [-0.2, 0) is 22.6 Å². The molecular formula is C20H21ClN3O2. The molecule has 2 heterocycles. The molecule has 2 aromatic rings. The van der Waals surface area contributed by atoms with Crippen LogP contribution in [0.15, 0.2) is 30.3 Å². The molecule has 0 saturated carbocycles. The summed E-state index contributed by atoms with van der Waals surface area (Å²) in [6, 6.07) is 10.5. The molecule has 0 spiro atoms. The first-order valence-corrected chi connectivity index (χ1v) is 9.26. The third kappa shape index (κ3) is 4.30. The molecule has 1 fully saturated rings. The Bertz CT molecular complexity index is 773. The number of nitrogens with zero attached hydrogens (tertiary/aromatic N) is 2. The Balaban J connectivity index is 1.42. The Hall–Kier alpha value is -1.79. The molecule has 2 unspecified atom stereocenters. The fourth-order valence-corrected chi connectivity index (χ4v) is 3.34. The van der Waals surface area contributed by atoms with Gasteiger partial charge in [-0.25, -0.2) is 0 Å². The zero-order valence-corrected chi connectivity index (χ0v) is 15.2. The Labute approximate surface area is 158 Å². The van der Waals surface area contributed by atoms with Crippen molar-refractivity contribution in [1.29, 1.82) is 0 Å². The molecule has 1 aliphatic heterocycles. The van der Waals surface area contributed by atoms with Gasteiger partial charge in [0.25, 0.3) is 0 Å². The summed E-state index contributed by atoms with van der Waals surface area (Å²) in [5.41, 5.74) is 4.39. The molecule has 1 radical (unpaired) electrons. The van der Waals surface area contributed by atoms with E-state index in [0.29, 0.717) is 17.8 Å². The normalized spacial score (nSPS) is 21.7. The first-order chi connectivity index (χ1) is 12.8. The van der Waals surface area contributed by atoms with Gasteiger partial charge in [0.05, 0.1) is 25.0 Å². The van der Waals surface area contributed by atoms with Gasteiger partial charge in [-0.2, -0.15) is 5.10 Å². The summed E-state index contributed by atoms with van der Waals surface area (Å²) in [7, 11) is 0. The van der Waals surface area contributed by atoms with Crippen LogP contribution < -0.4 is 5.32 Å². The van der Waals surface area contributed by atoms with Gasteiger partial charge in [-0.3, -0.25) is 0 Å². The summed E-state index contributed by atoms with van der Waals surface area (Å²) in [5.74, 6) is 0. The van der Waals surface area contributed by atoms with Crippen LogP contribution in [0.1, 0.15) is 41.3 Å². The Morgan fingerprint density at radius 1 is 1.27 bits per heavy atom. The fraction of sp³-hybridized carbons (Fsp3) is 0.400. The maximum absolute atomic E-state index is 6.10. The van der Waals surface area contributed by atoms with Crippen molar-refractivity contribution < 1.29 is 9.47 Å². The molecule has 2 atom stereocenters. The summed E-state index contributed by atoms with van der Waals surface area (Å²) >= 11 is 5.78. The van der Waals surface area contributed by atoms with E-state index in [0.717, 1.165) is 43.9 Å². The highest BCUT2D eigenvalue weighted by molar-refractivity contribution is 6.29. The van der Waals surface area contributed by atoms with Crippen LogP contribution in [0.3, 0.4) is 0 Å². The molecule has 6 heteroatoms. The van der Waals surface area contributed by atoms with Crippen molar-refractivity contribution in [1.82, 2.24) is 15.5 Å². The van der Waals surface area contributed by atoms with Crippen LogP contribution in [0.2, 0.25) is 5.15 Å². The highest BCUT2D eigenvalue weighted by Crippen LogP contribution is 2.31. The van der Waals surface area contributed by atoms with Gasteiger partial charge in [0.1, 0.15) is 0 Å². The van der Waals surface area contributed by atoms with Crippen LogP contribution in [0.4, 0.5) is 0 Å². The maximum atomic E-state index is 6.10. The summed E-state index contributed by atoms with van der Waals surface area (Å²) in [6.45, 7) is 2.89. The van der Waals surface area contributed by atoms with E-state index in [1.807, 2.05) is 12.1 Å². The molecular weight excluding hydrogens is 350 g/mol. The van der Waals surface area contributed by atoms with E-state index in [2.05, 4.69) is 39.8 Å². The van der Waals surface area contributed by atoms with Gasteiger partial charge >= 0.3 is 0 Å². The van der Waals surface area contributed by atoms with E-state index in [1.165, 1.54) is 11.1 Å². The Morgan fingerprint density at radius 2 is 2.23 bits per heavy atom. The van der Waals surface area contributed by atoms with Gasteiger partial charge < -0.3 is 14.8 Å². The molecule has 5 nitrogen and oxygen atoms in total. The van der Waals surface area contributed by atoms with Crippen LogP contribution in [0.5, 0.6) is 0 Å². The van der Waals surface area contributed by atoms with E-state index in [-0.39, 0.29) is 6.10 Å².